The molecular weight excluding hydrogens is 466 g/mol. The SMILES string of the molecule is COc1ccc2c(c1)[C@H](CC(=O)N1CCCNCC1)[C@H](C)N2S(=O)(=O)c1ccc(OC)c(C)c1C. The fraction of sp³-hybridized carbons (Fsp3) is 0.500. The van der Waals surface area contributed by atoms with E-state index in [1.807, 2.05) is 24.8 Å². The molecule has 0 aliphatic carbocycles. The Balaban J connectivity index is 1.74. The van der Waals surface area contributed by atoms with Crippen LogP contribution in [-0.4, -0.2) is 65.7 Å². The van der Waals surface area contributed by atoms with Crippen LogP contribution in [0.15, 0.2) is 35.2 Å². The summed E-state index contributed by atoms with van der Waals surface area (Å²) in [5, 5.41) is 3.32. The Morgan fingerprint density at radius 2 is 1.83 bits per heavy atom. The average molecular weight is 502 g/mol. The molecule has 1 saturated heterocycles. The van der Waals surface area contributed by atoms with Crippen LogP contribution in [-0.2, 0) is 14.8 Å². The van der Waals surface area contributed by atoms with Crippen molar-refractivity contribution in [2.24, 2.45) is 0 Å². The summed E-state index contributed by atoms with van der Waals surface area (Å²) in [6.45, 7) is 8.59. The minimum Gasteiger partial charge on any atom is -0.497 e. The van der Waals surface area contributed by atoms with Crippen LogP contribution in [0, 0.1) is 13.8 Å². The van der Waals surface area contributed by atoms with Gasteiger partial charge < -0.3 is 19.7 Å². The van der Waals surface area contributed by atoms with Crippen molar-refractivity contribution in [3.63, 3.8) is 0 Å². The van der Waals surface area contributed by atoms with E-state index in [0.29, 0.717) is 35.8 Å². The molecule has 1 fully saturated rings. The van der Waals surface area contributed by atoms with Crippen molar-refractivity contribution < 1.29 is 22.7 Å². The molecule has 2 atom stereocenters. The number of sulfonamides is 1. The molecule has 190 valence electrons. The number of nitrogens with zero attached hydrogens (tertiary/aromatic N) is 2. The lowest BCUT2D eigenvalue weighted by Gasteiger charge is -2.29. The van der Waals surface area contributed by atoms with Crippen LogP contribution in [0.4, 0.5) is 5.69 Å². The van der Waals surface area contributed by atoms with E-state index in [-0.39, 0.29) is 23.1 Å². The number of ether oxygens (including phenoxy) is 2. The first-order valence-corrected chi connectivity index (χ1v) is 13.5. The number of carbonyl (C=O) groups is 1. The van der Waals surface area contributed by atoms with Crippen molar-refractivity contribution >= 4 is 21.6 Å². The number of rotatable bonds is 6. The first kappa shape index (κ1) is 25.3. The molecule has 8 nitrogen and oxygen atoms in total. The molecule has 9 heteroatoms. The highest BCUT2D eigenvalue weighted by Gasteiger charge is 2.44. The van der Waals surface area contributed by atoms with E-state index >= 15 is 0 Å². The van der Waals surface area contributed by atoms with Gasteiger partial charge in [-0.05, 0) is 80.8 Å². The number of anilines is 1. The van der Waals surface area contributed by atoms with Crippen LogP contribution in [0.1, 0.15) is 42.4 Å². The molecule has 0 unspecified atom stereocenters. The van der Waals surface area contributed by atoms with Gasteiger partial charge in [-0.3, -0.25) is 9.10 Å². The molecular formula is C26H35N3O5S. The Morgan fingerprint density at radius 1 is 1.06 bits per heavy atom. The molecule has 35 heavy (non-hydrogen) atoms. The molecule has 2 heterocycles. The molecule has 2 aliphatic rings. The summed E-state index contributed by atoms with van der Waals surface area (Å²) < 4.78 is 40.4. The standard InChI is InChI=1S/C26H35N3O5S/c1-17-18(2)25(10-9-24(17)34-5)35(31,32)29-19(3)21(22-15-20(33-4)7-8-23(22)29)16-26(30)28-13-6-11-27-12-14-28/h7-10,15,19,21,27H,6,11-14,16H2,1-5H3/t19-,21+/m0/s1. The van der Waals surface area contributed by atoms with Gasteiger partial charge in [0.25, 0.3) is 10.0 Å². The van der Waals surface area contributed by atoms with Crippen LogP contribution < -0.4 is 19.1 Å². The highest BCUT2D eigenvalue weighted by molar-refractivity contribution is 7.93. The second-order valence-corrected chi connectivity index (χ2v) is 11.1. The molecule has 2 aromatic rings. The molecule has 1 amide bonds. The van der Waals surface area contributed by atoms with Crippen LogP contribution >= 0.6 is 0 Å². The topological polar surface area (TPSA) is 88.2 Å². The highest BCUT2D eigenvalue weighted by Crippen LogP contribution is 2.47. The number of carbonyl (C=O) groups excluding carboxylic acids is 1. The van der Waals surface area contributed by atoms with Crippen molar-refractivity contribution in [2.45, 2.75) is 50.5 Å². The van der Waals surface area contributed by atoms with Crippen LogP contribution in [0.25, 0.3) is 0 Å². The van der Waals surface area contributed by atoms with Gasteiger partial charge >= 0.3 is 0 Å². The van der Waals surface area contributed by atoms with Gasteiger partial charge in [0, 0.05) is 32.0 Å². The highest BCUT2D eigenvalue weighted by atomic mass is 32.2. The van der Waals surface area contributed by atoms with E-state index in [2.05, 4.69) is 5.32 Å². The van der Waals surface area contributed by atoms with Gasteiger partial charge in [-0.15, -0.1) is 0 Å². The van der Waals surface area contributed by atoms with Gasteiger partial charge in [-0.2, -0.15) is 0 Å². The predicted octanol–water partition coefficient (Wildman–Crippen LogP) is 3.21. The maximum Gasteiger partial charge on any atom is 0.264 e. The summed E-state index contributed by atoms with van der Waals surface area (Å²) in [4.78, 5) is 15.4. The number of benzene rings is 2. The van der Waals surface area contributed by atoms with E-state index in [1.165, 1.54) is 4.31 Å². The van der Waals surface area contributed by atoms with Crippen LogP contribution in [0.3, 0.4) is 0 Å². The smallest absolute Gasteiger partial charge is 0.264 e. The average Bonchev–Trinajstić information content (AvgIpc) is 3.00. The van der Waals surface area contributed by atoms with Crippen molar-refractivity contribution in [3.05, 3.63) is 47.0 Å². The molecule has 4 rings (SSSR count). The van der Waals surface area contributed by atoms with Gasteiger partial charge in [0.2, 0.25) is 5.91 Å². The van der Waals surface area contributed by atoms with Gasteiger partial charge in [0.15, 0.2) is 0 Å². The Kier molecular flexibility index (Phi) is 7.28. The van der Waals surface area contributed by atoms with Crippen molar-refractivity contribution in [3.8, 4) is 11.5 Å². The molecule has 0 radical (unpaired) electrons. The number of amides is 1. The summed E-state index contributed by atoms with van der Waals surface area (Å²) in [7, 11) is -0.737. The van der Waals surface area contributed by atoms with Gasteiger partial charge in [0.05, 0.1) is 30.8 Å². The fourth-order valence-electron chi connectivity index (χ4n) is 5.22. The molecule has 1 N–H and O–H groups in total. The van der Waals surface area contributed by atoms with Crippen LogP contribution in [0.5, 0.6) is 11.5 Å². The summed E-state index contributed by atoms with van der Waals surface area (Å²) in [6.07, 6.45) is 1.15. The number of methoxy groups -OCH3 is 2. The van der Waals surface area contributed by atoms with Gasteiger partial charge in [0.1, 0.15) is 11.5 Å². The molecule has 2 aromatic carbocycles. The quantitative estimate of drug-likeness (QED) is 0.654. The Bertz CT molecular complexity index is 1210. The van der Waals surface area contributed by atoms with E-state index in [9.17, 15) is 13.2 Å². The van der Waals surface area contributed by atoms with Crippen molar-refractivity contribution in [2.75, 3.05) is 44.7 Å². The van der Waals surface area contributed by atoms with Crippen molar-refractivity contribution in [1.29, 1.82) is 0 Å². The lowest BCUT2D eigenvalue weighted by molar-refractivity contribution is -0.131. The maximum atomic E-state index is 14.1. The third kappa shape index (κ3) is 4.59. The monoisotopic (exact) mass is 501 g/mol. The zero-order valence-corrected chi connectivity index (χ0v) is 21.9. The van der Waals surface area contributed by atoms with E-state index in [4.69, 9.17) is 9.47 Å². The van der Waals surface area contributed by atoms with Gasteiger partial charge in [-0.25, -0.2) is 8.42 Å². The number of nitrogens with one attached hydrogen (secondary N) is 1. The second kappa shape index (κ2) is 10.1. The molecule has 0 spiro atoms. The summed E-state index contributed by atoms with van der Waals surface area (Å²) >= 11 is 0. The zero-order chi connectivity index (χ0) is 25.3. The molecule has 0 bridgehead atoms. The van der Waals surface area contributed by atoms with Gasteiger partial charge in [-0.1, -0.05) is 0 Å². The number of hydrogen-bond acceptors (Lipinski definition) is 6. The zero-order valence-electron chi connectivity index (χ0n) is 21.1. The Hall–Kier alpha value is -2.78. The Morgan fingerprint density at radius 3 is 2.54 bits per heavy atom. The Labute approximate surface area is 208 Å². The first-order chi connectivity index (χ1) is 16.7. The van der Waals surface area contributed by atoms with E-state index < -0.39 is 16.1 Å². The third-order valence-corrected chi connectivity index (χ3v) is 9.40. The first-order valence-electron chi connectivity index (χ1n) is 12.1. The molecule has 0 saturated carbocycles. The largest absolute Gasteiger partial charge is 0.497 e. The second-order valence-electron chi connectivity index (χ2n) is 9.28. The van der Waals surface area contributed by atoms with Crippen molar-refractivity contribution in [1.82, 2.24) is 10.2 Å². The molecule has 0 aromatic heterocycles. The van der Waals surface area contributed by atoms with E-state index in [1.54, 1.807) is 45.4 Å². The maximum absolute atomic E-state index is 14.1. The summed E-state index contributed by atoms with van der Waals surface area (Å²) in [5.74, 6) is 1.06. The predicted molar refractivity (Wildman–Crippen MR) is 136 cm³/mol. The number of fused-ring (bicyclic) bond motifs is 1. The number of hydrogen-bond donors (Lipinski definition) is 1. The minimum absolute atomic E-state index is 0.0510. The summed E-state index contributed by atoms with van der Waals surface area (Å²) in [6, 6.07) is 8.29. The fourth-order valence-corrected chi connectivity index (χ4v) is 7.22. The van der Waals surface area contributed by atoms with E-state index in [0.717, 1.165) is 30.6 Å². The lowest BCUT2D eigenvalue weighted by atomic mass is 9.92. The third-order valence-electron chi connectivity index (χ3n) is 7.36. The molecule has 2 aliphatic heterocycles. The summed E-state index contributed by atoms with van der Waals surface area (Å²) in [5.41, 5.74) is 2.87. The lowest BCUT2D eigenvalue weighted by Crippen LogP contribution is -2.40. The normalized spacial score (nSPS) is 20.4. The minimum atomic E-state index is -3.90. The van der Waals surface area contributed by atoms with Crippen LogP contribution in [0.2, 0.25) is 0 Å².